The van der Waals surface area contributed by atoms with E-state index >= 15 is 0 Å². The van der Waals surface area contributed by atoms with Gasteiger partial charge >= 0.3 is 0 Å². The van der Waals surface area contributed by atoms with Crippen molar-refractivity contribution < 1.29 is 43.4 Å². The summed E-state index contributed by atoms with van der Waals surface area (Å²) in [6.07, 6.45) is 20.1. The monoisotopic (exact) mass is 582 g/mol. The third-order valence-corrected chi connectivity index (χ3v) is 10.3. The molecule has 4 saturated carbocycles. The highest BCUT2D eigenvalue weighted by Gasteiger charge is 2.46. The van der Waals surface area contributed by atoms with E-state index in [4.69, 9.17) is 38.6 Å². The maximum absolute atomic E-state index is 8.09. The second-order valence-corrected chi connectivity index (χ2v) is 13.7. The number of hydrogen-bond acceptors (Lipinski definition) is 9. The van der Waals surface area contributed by atoms with Crippen LogP contribution in [-0.2, 0) is 33.2 Å². The van der Waals surface area contributed by atoms with Crippen LogP contribution in [0, 0.1) is 23.7 Å². The Hall–Kier alpha value is -0.360. The van der Waals surface area contributed by atoms with Gasteiger partial charge in [-0.25, -0.2) is 0 Å². The molecule has 8 aliphatic rings. The number of hydrogen-bond donors (Lipinski definition) is 2. The highest BCUT2D eigenvalue weighted by atomic mass is 16.6. The average molecular weight is 583 g/mol. The summed E-state index contributed by atoms with van der Waals surface area (Å²) in [5.41, 5.74) is 0. The van der Waals surface area contributed by atoms with Crippen molar-refractivity contribution in [2.75, 3.05) is 52.9 Å². The minimum absolute atomic E-state index is 0.0278. The Balaban J connectivity index is 0.000000121. The van der Waals surface area contributed by atoms with Gasteiger partial charge in [-0.1, -0.05) is 0 Å². The zero-order chi connectivity index (χ0) is 28.0. The first-order chi connectivity index (χ1) is 20.2. The van der Waals surface area contributed by atoms with Crippen molar-refractivity contribution in [2.45, 2.75) is 126 Å². The quantitative estimate of drug-likeness (QED) is 0.264. The predicted molar refractivity (Wildman–Crippen MR) is 151 cm³/mol. The topological polar surface area (TPSA) is 118 Å². The Labute approximate surface area is 245 Å². The average Bonchev–Trinajstić information content (AvgIpc) is 3.82. The maximum Gasteiger partial charge on any atom is 0.0845 e. The molecule has 4 aliphatic carbocycles. The molecule has 4 saturated heterocycles. The lowest BCUT2D eigenvalue weighted by Gasteiger charge is -2.22. The Morgan fingerprint density at radius 1 is 0.390 bits per heavy atom. The van der Waals surface area contributed by atoms with E-state index in [9.17, 15) is 0 Å². The van der Waals surface area contributed by atoms with Gasteiger partial charge in [-0.2, -0.15) is 0 Å². The minimum atomic E-state index is 0.0278. The van der Waals surface area contributed by atoms with Gasteiger partial charge in [-0.05, 0) is 101 Å². The molecule has 0 aromatic rings. The summed E-state index contributed by atoms with van der Waals surface area (Å²) in [7, 11) is 0. The van der Waals surface area contributed by atoms with E-state index in [1.165, 1.54) is 77.0 Å². The van der Waals surface area contributed by atoms with Crippen molar-refractivity contribution in [2.24, 2.45) is 23.7 Å². The van der Waals surface area contributed by atoms with E-state index in [2.05, 4.69) is 4.74 Å². The van der Waals surface area contributed by atoms with E-state index in [-0.39, 0.29) is 13.2 Å². The number of aliphatic hydroxyl groups is 2. The van der Waals surface area contributed by atoms with Crippen LogP contribution in [0.2, 0.25) is 0 Å². The fourth-order valence-corrected chi connectivity index (χ4v) is 7.59. The van der Waals surface area contributed by atoms with E-state index < -0.39 is 0 Å². The SMILES string of the molecule is C1CC2OC2CC1COCC1CCC2OC2C1.C1CC2OC2CC1COCC1CCC2OC2C1.OCCOCCO. The lowest BCUT2D eigenvalue weighted by molar-refractivity contribution is 0.0547. The smallest absolute Gasteiger partial charge is 0.0845 e. The Morgan fingerprint density at radius 3 is 0.927 bits per heavy atom. The van der Waals surface area contributed by atoms with Crippen LogP contribution in [0.1, 0.15) is 77.0 Å². The molecule has 8 rings (SSSR count). The Morgan fingerprint density at radius 2 is 0.683 bits per heavy atom. The molecule has 9 heteroatoms. The molecule has 12 unspecified atom stereocenters. The van der Waals surface area contributed by atoms with E-state index in [1.807, 2.05) is 0 Å². The lowest BCUT2D eigenvalue weighted by Crippen LogP contribution is -2.22. The molecule has 236 valence electrons. The number of fused-ring (bicyclic) bond motifs is 4. The lowest BCUT2D eigenvalue weighted by atomic mass is 9.89. The maximum atomic E-state index is 8.09. The van der Waals surface area contributed by atoms with E-state index in [0.29, 0.717) is 62.0 Å². The fraction of sp³-hybridized carbons (Fsp3) is 1.00. The second kappa shape index (κ2) is 15.1. The van der Waals surface area contributed by atoms with Crippen LogP contribution in [0.3, 0.4) is 0 Å². The van der Waals surface area contributed by atoms with Gasteiger partial charge in [0.15, 0.2) is 0 Å². The highest BCUT2D eigenvalue weighted by Crippen LogP contribution is 2.42. The molecular weight excluding hydrogens is 528 g/mol. The highest BCUT2D eigenvalue weighted by molar-refractivity contribution is 4.94. The van der Waals surface area contributed by atoms with Gasteiger partial charge in [-0.15, -0.1) is 0 Å². The van der Waals surface area contributed by atoms with Crippen LogP contribution < -0.4 is 0 Å². The summed E-state index contributed by atoms with van der Waals surface area (Å²) >= 11 is 0. The largest absolute Gasteiger partial charge is 0.394 e. The van der Waals surface area contributed by atoms with Gasteiger partial charge in [0, 0.05) is 26.4 Å². The first kappa shape index (κ1) is 30.7. The molecular formula is C32H54O9. The van der Waals surface area contributed by atoms with Gasteiger partial charge in [0.2, 0.25) is 0 Å². The van der Waals surface area contributed by atoms with Crippen LogP contribution >= 0.6 is 0 Å². The molecule has 2 N–H and O–H groups in total. The Bertz CT molecular complexity index is 666. The summed E-state index contributed by atoms with van der Waals surface area (Å²) in [6.45, 7) is 4.52. The molecule has 0 spiro atoms. The molecule has 8 fully saturated rings. The number of epoxide rings is 4. The first-order valence-electron chi connectivity index (χ1n) is 16.7. The van der Waals surface area contributed by atoms with Crippen molar-refractivity contribution in [3.63, 3.8) is 0 Å². The normalized spacial score (nSPS) is 44.3. The van der Waals surface area contributed by atoms with Crippen LogP contribution in [0.5, 0.6) is 0 Å². The molecule has 0 aromatic carbocycles. The zero-order valence-corrected chi connectivity index (χ0v) is 24.8. The van der Waals surface area contributed by atoms with Crippen LogP contribution in [0.25, 0.3) is 0 Å². The number of aliphatic hydroxyl groups excluding tert-OH is 2. The summed E-state index contributed by atoms with van der Waals surface area (Å²) in [6, 6.07) is 0. The predicted octanol–water partition coefficient (Wildman–Crippen LogP) is 3.26. The van der Waals surface area contributed by atoms with Crippen LogP contribution in [0.4, 0.5) is 0 Å². The molecule has 0 aromatic heterocycles. The third kappa shape index (κ3) is 9.82. The summed E-state index contributed by atoms with van der Waals surface area (Å²) in [5.74, 6) is 3.03. The van der Waals surface area contributed by atoms with Gasteiger partial charge in [-0.3, -0.25) is 0 Å². The molecule has 0 amide bonds. The van der Waals surface area contributed by atoms with Crippen molar-refractivity contribution >= 4 is 0 Å². The fourth-order valence-electron chi connectivity index (χ4n) is 7.59. The first-order valence-corrected chi connectivity index (χ1v) is 16.7. The van der Waals surface area contributed by atoms with E-state index in [1.54, 1.807) is 0 Å². The molecule has 4 aliphatic heterocycles. The van der Waals surface area contributed by atoms with Crippen molar-refractivity contribution in [1.82, 2.24) is 0 Å². The second-order valence-electron chi connectivity index (χ2n) is 13.7. The van der Waals surface area contributed by atoms with Crippen molar-refractivity contribution in [1.29, 1.82) is 0 Å². The van der Waals surface area contributed by atoms with Crippen LogP contribution in [-0.4, -0.2) is 112 Å². The minimum Gasteiger partial charge on any atom is -0.394 e. The van der Waals surface area contributed by atoms with Gasteiger partial charge in [0.25, 0.3) is 0 Å². The van der Waals surface area contributed by atoms with Gasteiger partial charge < -0.3 is 43.4 Å². The van der Waals surface area contributed by atoms with Gasteiger partial charge in [0.05, 0.1) is 75.3 Å². The molecule has 12 atom stereocenters. The molecule has 0 bridgehead atoms. The number of ether oxygens (including phenoxy) is 7. The summed E-state index contributed by atoms with van der Waals surface area (Å²) in [5, 5.41) is 16.2. The van der Waals surface area contributed by atoms with Crippen molar-refractivity contribution in [3.8, 4) is 0 Å². The standard InChI is InChI=1S/2C14H22O3.C4H10O3/c2*1-3-11-13(16-11)5-9(1)7-15-8-10-2-4-12-14(6-10)17-12;5-1-3-7-4-2-6/h2*9-14H,1-8H2;5-6H,1-4H2. The molecule has 4 heterocycles. The number of rotatable bonds is 12. The zero-order valence-electron chi connectivity index (χ0n) is 24.8. The molecule has 9 nitrogen and oxygen atoms in total. The van der Waals surface area contributed by atoms with E-state index in [0.717, 1.165) is 50.1 Å². The third-order valence-electron chi connectivity index (χ3n) is 10.3. The summed E-state index contributed by atoms with van der Waals surface area (Å²) in [4.78, 5) is 0. The van der Waals surface area contributed by atoms with Crippen molar-refractivity contribution in [3.05, 3.63) is 0 Å². The summed E-state index contributed by atoms with van der Waals surface area (Å²) < 4.78 is 38.7. The Kier molecular flexibility index (Phi) is 11.3. The molecule has 0 radical (unpaired) electrons. The molecule has 41 heavy (non-hydrogen) atoms. The van der Waals surface area contributed by atoms with Crippen LogP contribution in [0.15, 0.2) is 0 Å². The van der Waals surface area contributed by atoms with Gasteiger partial charge in [0.1, 0.15) is 0 Å².